The van der Waals surface area contributed by atoms with Crippen molar-refractivity contribution in [2.45, 2.75) is 62.1 Å². The average molecular weight is 438 g/mol. The molecule has 1 aliphatic heterocycles. The lowest BCUT2D eigenvalue weighted by Crippen LogP contribution is -2.48. The van der Waals surface area contributed by atoms with Gasteiger partial charge in [-0.05, 0) is 39.0 Å². The largest absolute Gasteiger partial charge is 0.465 e. The number of halogens is 2. The molecule has 0 aromatic heterocycles. The zero-order chi connectivity index (χ0) is 21.4. The zero-order valence-corrected chi connectivity index (χ0v) is 16.2. The molecule has 4 rings (SSSR count). The van der Waals surface area contributed by atoms with Crippen LogP contribution in [0, 0.1) is 23.7 Å². The van der Waals surface area contributed by atoms with E-state index in [2.05, 4.69) is 4.74 Å². The Hall–Kier alpha value is -1.82. The third-order valence-corrected chi connectivity index (χ3v) is 7.45. The van der Waals surface area contributed by atoms with Gasteiger partial charge in [0.1, 0.15) is 17.8 Å². The molecule has 1 heterocycles. The topological polar surface area (TPSA) is 133 Å². The second-order valence-electron chi connectivity index (χ2n) is 8.46. The van der Waals surface area contributed by atoms with Crippen molar-refractivity contribution < 1.29 is 50.3 Å². The summed E-state index contributed by atoms with van der Waals surface area (Å²) < 4.78 is 72.8. The Morgan fingerprint density at radius 1 is 1.24 bits per heavy atom. The minimum absolute atomic E-state index is 0.215. The standard InChI is InChI=1S/C17H20F2O9S/c1-16(4-2-3-5-16)28-14(21)10-8-6-7-9(10)13(20)26-11(7)12(8)27-15(22)17(18,19)29(23,24)25/h7-12H,2-6H2,1H3,(H,23,24,25). The van der Waals surface area contributed by atoms with Gasteiger partial charge >= 0.3 is 33.3 Å². The first-order chi connectivity index (χ1) is 13.4. The SMILES string of the molecule is CC1(OC(=O)C2C3CC4C(OC(=O)C42)C3OC(=O)C(F)(F)S(=O)(=O)O)CCCC1. The van der Waals surface area contributed by atoms with Gasteiger partial charge in [0.05, 0.1) is 11.8 Å². The Morgan fingerprint density at radius 3 is 2.45 bits per heavy atom. The summed E-state index contributed by atoms with van der Waals surface area (Å²) in [7, 11) is -6.04. The van der Waals surface area contributed by atoms with Crippen LogP contribution in [-0.2, 0) is 38.7 Å². The fourth-order valence-corrected chi connectivity index (χ4v) is 5.56. The lowest BCUT2D eigenvalue weighted by molar-refractivity contribution is -0.182. The Balaban J connectivity index is 1.56. The van der Waals surface area contributed by atoms with Crippen molar-refractivity contribution in [3.8, 4) is 0 Å². The molecule has 2 bridgehead atoms. The van der Waals surface area contributed by atoms with Gasteiger partial charge in [-0.25, -0.2) is 4.79 Å². The Morgan fingerprint density at radius 2 is 1.86 bits per heavy atom. The first-order valence-electron chi connectivity index (χ1n) is 9.35. The number of carbonyl (C=O) groups is 3. The van der Waals surface area contributed by atoms with Crippen molar-refractivity contribution in [1.29, 1.82) is 0 Å². The summed E-state index contributed by atoms with van der Waals surface area (Å²) in [5.74, 6) is -7.01. The first kappa shape index (κ1) is 20.5. The van der Waals surface area contributed by atoms with E-state index >= 15 is 0 Å². The number of ether oxygens (including phenoxy) is 3. The van der Waals surface area contributed by atoms with Crippen molar-refractivity contribution in [3.63, 3.8) is 0 Å². The number of alkyl halides is 2. The van der Waals surface area contributed by atoms with Gasteiger partial charge in [-0.2, -0.15) is 17.2 Å². The molecule has 0 aromatic rings. The molecule has 0 aromatic carbocycles. The highest BCUT2D eigenvalue weighted by atomic mass is 32.2. The normalized spacial score (nSPS) is 37.4. The predicted octanol–water partition coefficient (Wildman–Crippen LogP) is 1.06. The van der Waals surface area contributed by atoms with E-state index in [0.29, 0.717) is 12.8 Å². The molecule has 9 nitrogen and oxygen atoms in total. The average Bonchev–Trinajstić information content (AvgIpc) is 3.31. The molecule has 6 unspecified atom stereocenters. The number of fused-ring (bicyclic) bond motifs is 1. The van der Waals surface area contributed by atoms with Crippen LogP contribution in [0.15, 0.2) is 0 Å². The predicted molar refractivity (Wildman–Crippen MR) is 87.8 cm³/mol. The summed E-state index contributed by atoms with van der Waals surface area (Å²) >= 11 is 0. The van der Waals surface area contributed by atoms with Crippen LogP contribution in [0.2, 0.25) is 0 Å². The first-order valence-corrected chi connectivity index (χ1v) is 10.8. The number of hydrogen-bond donors (Lipinski definition) is 1. The molecule has 1 saturated heterocycles. The van der Waals surface area contributed by atoms with Gasteiger partial charge in [-0.1, -0.05) is 0 Å². The van der Waals surface area contributed by atoms with Gasteiger partial charge in [0, 0.05) is 11.8 Å². The molecule has 0 radical (unpaired) electrons. The van der Waals surface area contributed by atoms with Crippen molar-refractivity contribution in [2.75, 3.05) is 0 Å². The molecule has 4 aliphatic rings. The van der Waals surface area contributed by atoms with E-state index in [9.17, 15) is 31.6 Å². The molecular weight excluding hydrogens is 418 g/mol. The minimum Gasteiger partial charge on any atom is -0.459 e. The second kappa shape index (κ2) is 6.34. The molecule has 162 valence electrons. The van der Waals surface area contributed by atoms with Gasteiger partial charge in [0.15, 0.2) is 0 Å². The van der Waals surface area contributed by atoms with Crippen molar-refractivity contribution in [3.05, 3.63) is 0 Å². The maximum atomic E-state index is 13.6. The van der Waals surface area contributed by atoms with E-state index < -0.39 is 74.8 Å². The Labute approximate surface area is 164 Å². The highest BCUT2D eigenvalue weighted by Crippen LogP contribution is 2.59. The highest BCUT2D eigenvalue weighted by molar-refractivity contribution is 7.87. The molecule has 29 heavy (non-hydrogen) atoms. The molecule has 6 atom stereocenters. The van der Waals surface area contributed by atoms with Crippen molar-refractivity contribution in [1.82, 2.24) is 0 Å². The van der Waals surface area contributed by atoms with E-state index in [4.69, 9.17) is 14.0 Å². The summed E-state index contributed by atoms with van der Waals surface area (Å²) in [6, 6.07) is 0. The highest BCUT2D eigenvalue weighted by Gasteiger charge is 2.71. The van der Waals surface area contributed by atoms with Gasteiger partial charge < -0.3 is 14.2 Å². The van der Waals surface area contributed by atoms with Crippen molar-refractivity contribution >= 4 is 28.0 Å². The van der Waals surface area contributed by atoms with E-state index in [1.807, 2.05) is 0 Å². The van der Waals surface area contributed by atoms with Gasteiger partial charge in [0.25, 0.3) is 0 Å². The van der Waals surface area contributed by atoms with Crippen LogP contribution in [0.5, 0.6) is 0 Å². The molecule has 3 saturated carbocycles. The Kier molecular flexibility index (Phi) is 4.47. The van der Waals surface area contributed by atoms with Crippen LogP contribution < -0.4 is 0 Å². The smallest absolute Gasteiger partial charge is 0.459 e. The summed E-state index contributed by atoms with van der Waals surface area (Å²) in [6.45, 7) is 1.78. The fraction of sp³-hybridized carbons (Fsp3) is 0.824. The number of carbonyl (C=O) groups excluding carboxylic acids is 3. The van der Waals surface area contributed by atoms with Gasteiger partial charge in [-0.15, -0.1) is 0 Å². The molecule has 0 spiro atoms. The Bertz CT molecular complexity index is 864. The number of hydrogen-bond acceptors (Lipinski definition) is 8. The van der Waals surface area contributed by atoms with Crippen LogP contribution in [-0.4, -0.2) is 53.9 Å². The van der Waals surface area contributed by atoms with E-state index in [0.717, 1.165) is 12.8 Å². The minimum atomic E-state index is -6.04. The third-order valence-electron chi connectivity index (χ3n) is 6.63. The number of esters is 3. The maximum absolute atomic E-state index is 13.6. The molecule has 1 N–H and O–H groups in total. The third kappa shape index (κ3) is 3.02. The van der Waals surface area contributed by atoms with Gasteiger partial charge in [-0.3, -0.25) is 14.1 Å². The molecule has 3 aliphatic carbocycles. The van der Waals surface area contributed by atoms with Crippen LogP contribution in [0.3, 0.4) is 0 Å². The van der Waals surface area contributed by atoms with E-state index in [1.165, 1.54) is 0 Å². The summed E-state index contributed by atoms with van der Waals surface area (Å²) in [4.78, 5) is 36.9. The zero-order valence-electron chi connectivity index (χ0n) is 15.4. The van der Waals surface area contributed by atoms with Crippen molar-refractivity contribution in [2.24, 2.45) is 23.7 Å². The quantitative estimate of drug-likeness (QED) is 0.380. The molecule has 4 fully saturated rings. The number of rotatable bonds is 5. The molecular formula is C17H20F2O9S. The van der Waals surface area contributed by atoms with E-state index in [1.54, 1.807) is 6.92 Å². The lowest BCUT2D eigenvalue weighted by atomic mass is 9.78. The van der Waals surface area contributed by atoms with Crippen LogP contribution in [0.1, 0.15) is 39.0 Å². The maximum Gasteiger partial charge on any atom is 0.465 e. The van der Waals surface area contributed by atoms with Crippen LogP contribution in [0.25, 0.3) is 0 Å². The van der Waals surface area contributed by atoms with Crippen LogP contribution in [0.4, 0.5) is 8.78 Å². The van der Waals surface area contributed by atoms with Gasteiger partial charge in [0.2, 0.25) is 0 Å². The lowest BCUT2D eigenvalue weighted by Gasteiger charge is -2.33. The molecule has 12 heteroatoms. The summed E-state index contributed by atoms with van der Waals surface area (Å²) in [5.41, 5.74) is -0.676. The fourth-order valence-electron chi connectivity index (χ4n) is 5.30. The molecule has 0 amide bonds. The summed E-state index contributed by atoms with van der Waals surface area (Å²) in [6.07, 6.45) is 0.860. The van der Waals surface area contributed by atoms with Crippen LogP contribution >= 0.6 is 0 Å². The second-order valence-corrected chi connectivity index (χ2v) is 9.92. The van der Waals surface area contributed by atoms with E-state index in [-0.39, 0.29) is 6.42 Å². The summed E-state index contributed by atoms with van der Waals surface area (Å²) in [5, 5.41) is -5.18. The monoisotopic (exact) mass is 438 g/mol.